The lowest BCUT2D eigenvalue weighted by atomic mass is 10.1. The van der Waals surface area contributed by atoms with Gasteiger partial charge in [-0.2, -0.15) is 0 Å². The van der Waals surface area contributed by atoms with Crippen LogP contribution in [0.4, 0.5) is 0 Å². The van der Waals surface area contributed by atoms with Gasteiger partial charge in [-0.3, -0.25) is 13.9 Å². The van der Waals surface area contributed by atoms with Gasteiger partial charge in [-0.05, 0) is 38.3 Å². The molecule has 0 bridgehead atoms. The third-order valence-corrected chi connectivity index (χ3v) is 3.93. The van der Waals surface area contributed by atoms with Crippen molar-refractivity contribution in [3.05, 3.63) is 34.7 Å². The van der Waals surface area contributed by atoms with Crippen LogP contribution in [-0.2, 0) is 17.9 Å². The summed E-state index contributed by atoms with van der Waals surface area (Å²) in [5, 5.41) is 12.2. The van der Waals surface area contributed by atoms with Gasteiger partial charge in [0.05, 0.1) is 17.1 Å². The van der Waals surface area contributed by atoms with Crippen molar-refractivity contribution in [2.75, 3.05) is 6.54 Å². The standard InChI is InChI=1S/C17H25N3O3/c1-4-19-14-7-5-6-8-15(14)20(17(19)23)11-16(22)18-10-12(2)9-13(3)21/h5-8,12-13,21H,4,9-11H2,1-3H3,(H,18,22). The number of benzene rings is 1. The minimum absolute atomic E-state index is 0.00768. The highest BCUT2D eigenvalue weighted by atomic mass is 16.3. The maximum absolute atomic E-state index is 12.5. The highest BCUT2D eigenvalue weighted by Gasteiger charge is 2.15. The first-order valence-electron chi connectivity index (χ1n) is 8.06. The Bertz CT molecular complexity index is 730. The van der Waals surface area contributed by atoms with Gasteiger partial charge in [-0.1, -0.05) is 19.1 Å². The fraction of sp³-hybridized carbons (Fsp3) is 0.529. The van der Waals surface area contributed by atoms with E-state index in [-0.39, 0.29) is 30.2 Å². The van der Waals surface area contributed by atoms with Crippen molar-refractivity contribution in [3.8, 4) is 0 Å². The second kappa shape index (κ2) is 7.46. The molecule has 0 aliphatic rings. The number of aliphatic hydroxyl groups is 1. The van der Waals surface area contributed by atoms with Crippen LogP contribution in [0.5, 0.6) is 0 Å². The lowest BCUT2D eigenvalue weighted by Crippen LogP contribution is -2.35. The number of fused-ring (bicyclic) bond motifs is 1. The molecule has 0 spiro atoms. The molecule has 23 heavy (non-hydrogen) atoms. The summed E-state index contributed by atoms with van der Waals surface area (Å²) in [6.45, 7) is 6.69. The molecule has 2 N–H and O–H groups in total. The van der Waals surface area contributed by atoms with Crippen molar-refractivity contribution >= 4 is 16.9 Å². The van der Waals surface area contributed by atoms with Gasteiger partial charge in [0.25, 0.3) is 0 Å². The molecule has 0 aliphatic carbocycles. The zero-order chi connectivity index (χ0) is 17.0. The van der Waals surface area contributed by atoms with Crippen LogP contribution in [0.15, 0.2) is 29.1 Å². The molecule has 0 saturated carbocycles. The van der Waals surface area contributed by atoms with E-state index in [1.54, 1.807) is 11.5 Å². The molecule has 1 aromatic carbocycles. The summed E-state index contributed by atoms with van der Waals surface area (Å²) < 4.78 is 3.17. The van der Waals surface area contributed by atoms with E-state index in [0.717, 1.165) is 11.0 Å². The van der Waals surface area contributed by atoms with Gasteiger partial charge in [-0.15, -0.1) is 0 Å². The minimum atomic E-state index is -0.382. The molecule has 2 aromatic rings. The molecule has 1 aromatic heterocycles. The molecule has 0 radical (unpaired) electrons. The van der Waals surface area contributed by atoms with Gasteiger partial charge in [0, 0.05) is 13.1 Å². The van der Waals surface area contributed by atoms with Crippen molar-refractivity contribution in [3.63, 3.8) is 0 Å². The SMILES string of the molecule is CCn1c(=O)n(CC(=O)NCC(C)CC(C)O)c2ccccc21. The van der Waals surface area contributed by atoms with Crippen molar-refractivity contribution < 1.29 is 9.90 Å². The number of hydrogen-bond acceptors (Lipinski definition) is 3. The summed E-state index contributed by atoms with van der Waals surface area (Å²) in [6, 6.07) is 7.49. The molecule has 2 atom stereocenters. The zero-order valence-corrected chi connectivity index (χ0v) is 14.0. The van der Waals surface area contributed by atoms with E-state index in [1.807, 2.05) is 38.1 Å². The molecule has 6 nitrogen and oxygen atoms in total. The van der Waals surface area contributed by atoms with Crippen LogP contribution in [0.1, 0.15) is 27.2 Å². The summed E-state index contributed by atoms with van der Waals surface area (Å²) in [7, 11) is 0. The Labute approximate surface area is 135 Å². The first kappa shape index (κ1) is 17.3. The number of carbonyl (C=O) groups excluding carboxylic acids is 1. The van der Waals surface area contributed by atoms with Gasteiger partial charge in [-0.25, -0.2) is 4.79 Å². The number of amides is 1. The Morgan fingerprint density at radius 3 is 2.39 bits per heavy atom. The molecule has 126 valence electrons. The second-order valence-corrected chi connectivity index (χ2v) is 6.10. The number of aromatic nitrogens is 2. The Kier molecular flexibility index (Phi) is 5.60. The maximum atomic E-state index is 12.5. The Hall–Kier alpha value is -2.08. The van der Waals surface area contributed by atoms with Gasteiger partial charge in [0.15, 0.2) is 0 Å². The number of aliphatic hydroxyl groups excluding tert-OH is 1. The maximum Gasteiger partial charge on any atom is 0.329 e. The van der Waals surface area contributed by atoms with Crippen LogP contribution in [-0.4, -0.2) is 32.8 Å². The third-order valence-electron chi connectivity index (χ3n) is 3.93. The van der Waals surface area contributed by atoms with E-state index < -0.39 is 0 Å². The summed E-state index contributed by atoms with van der Waals surface area (Å²) >= 11 is 0. The quantitative estimate of drug-likeness (QED) is 0.809. The topological polar surface area (TPSA) is 76.3 Å². The van der Waals surface area contributed by atoms with Crippen LogP contribution in [0, 0.1) is 5.92 Å². The van der Waals surface area contributed by atoms with Gasteiger partial charge in [0.2, 0.25) is 5.91 Å². The number of nitrogens with zero attached hydrogens (tertiary/aromatic N) is 2. The molecule has 2 unspecified atom stereocenters. The molecule has 0 aliphatic heterocycles. The molecule has 1 heterocycles. The van der Waals surface area contributed by atoms with E-state index in [9.17, 15) is 14.7 Å². The average molecular weight is 319 g/mol. The van der Waals surface area contributed by atoms with Crippen LogP contribution >= 0.6 is 0 Å². The summed E-state index contributed by atoms with van der Waals surface area (Å²) in [5.41, 5.74) is 1.45. The van der Waals surface area contributed by atoms with E-state index in [0.29, 0.717) is 19.5 Å². The van der Waals surface area contributed by atoms with E-state index in [4.69, 9.17) is 0 Å². The fourth-order valence-electron chi connectivity index (χ4n) is 2.88. The van der Waals surface area contributed by atoms with E-state index in [1.165, 1.54) is 4.57 Å². The van der Waals surface area contributed by atoms with Gasteiger partial charge in [0.1, 0.15) is 6.54 Å². The minimum Gasteiger partial charge on any atom is -0.393 e. The van der Waals surface area contributed by atoms with Gasteiger partial charge < -0.3 is 10.4 Å². The molecule has 0 saturated heterocycles. The number of para-hydroxylation sites is 2. The Morgan fingerprint density at radius 1 is 1.22 bits per heavy atom. The number of carbonyl (C=O) groups is 1. The Balaban J connectivity index is 2.11. The average Bonchev–Trinajstić information content (AvgIpc) is 2.77. The number of hydrogen-bond donors (Lipinski definition) is 2. The first-order chi connectivity index (χ1) is 10.9. The fourth-order valence-corrected chi connectivity index (χ4v) is 2.88. The van der Waals surface area contributed by atoms with Crippen molar-refractivity contribution in [2.45, 2.75) is 46.4 Å². The number of imidazole rings is 1. The number of nitrogens with one attached hydrogen (secondary N) is 1. The van der Waals surface area contributed by atoms with E-state index in [2.05, 4.69) is 5.32 Å². The van der Waals surface area contributed by atoms with Gasteiger partial charge >= 0.3 is 5.69 Å². The molecule has 2 rings (SSSR count). The largest absolute Gasteiger partial charge is 0.393 e. The van der Waals surface area contributed by atoms with Crippen LogP contribution in [0.2, 0.25) is 0 Å². The van der Waals surface area contributed by atoms with Crippen LogP contribution < -0.4 is 11.0 Å². The first-order valence-corrected chi connectivity index (χ1v) is 8.06. The molecule has 1 amide bonds. The second-order valence-electron chi connectivity index (χ2n) is 6.10. The number of rotatable bonds is 7. The lowest BCUT2D eigenvalue weighted by Gasteiger charge is -2.14. The smallest absolute Gasteiger partial charge is 0.329 e. The molecular weight excluding hydrogens is 294 g/mol. The van der Waals surface area contributed by atoms with Crippen molar-refractivity contribution in [2.24, 2.45) is 5.92 Å². The summed E-state index contributed by atoms with van der Waals surface area (Å²) in [4.78, 5) is 24.6. The molecular formula is C17H25N3O3. The third kappa shape index (κ3) is 4.01. The lowest BCUT2D eigenvalue weighted by molar-refractivity contribution is -0.121. The van der Waals surface area contributed by atoms with Crippen molar-refractivity contribution in [1.29, 1.82) is 0 Å². The highest BCUT2D eigenvalue weighted by Crippen LogP contribution is 2.12. The summed E-state index contributed by atoms with van der Waals surface area (Å²) in [5.74, 6) is -0.00351. The predicted molar refractivity (Wildman–Crippen MR) is 90.3 cm³/mol. The van der Waals surface area contributed by atoms with Crippen LogP contribution in [0.25, 0.3) is 11.0 Å². The highest BCUT2D eigenvalue weighted by molar-refractivity contribution is 5.80. The van der Waals surface area contributed by atoms with Crippen LogP contribution in [0.3, 0.4) is 0 Å². The Morgan fingerprint density at radius 2 is 1.83 bits per heavy atom. The van der Waals surface area contributed by atoms with E-state index >= 15 is 0 Å². The summed E-state index contributed by atoms with van der Waals surface area (Å²) in [6.07, 6.45) is 0.252. The molecule has 0 fully saturated rings. The zero-order valence-electron chi connectivity index (χ0n) is 14.0. The normalized spacial score (nSPS) is 13.9. The molecule has 6 heteroatoms. The van der Waals surface area contributed by atoms with Crippen molar-refractivity contribution in [1.82, 2.24) is 14.5 Å². The number of aryl methyl sites for hydroxylation is 1. The monoisotopic (exact) mass is 319 g/mol. The predicted octanol–water partition coefficient (Wildman–Crippen LogP) is 1.35.